The Morgan fingerprint density at radius 2 is 1.60 bits per heavy atom. The molecule has 4 aromatic carbocycles. The number of alkyl carbamates (subject to hydrolysis) is 1. The topological polar surface area (TPSA) is 108 Å². The van der Waals surface area contributed by atoms with Crippen molar-refractivity contribution in [2.24, 2.45) is 0 Å². The third-order valence-corrected chi connectivity index (χ3v) is 6.36. The van der Waals surface area contributed by atoms with Crippen molar-refractivity contribution in [3.05, 3.63) is 108 Å². The second-order valence-electron chi connectivity index (χ2n) is 10.8. The lowest BCUT2D eigenvalue weighted by Crippen LogP contribution is -2.51. The molecule has 0 aliphatic carbocycles. The summed E-state index contributed by atoms with van der Waals surface area (Å²) in [4.78, 5) is 41.7. The van der Waals surface area contributed by atoms with Gasteiger partial charge in [-0.25, -0.2) is 4.79 Å². The van der Waals surface area contributed by atoms with E-state index in [2.05, 4.69) is 16.7 Å². The number of carbonyl (C=O) groups excluding carboxylic acids is 3. The van der Waals surface area contributed by atoms with Crippen LogP contribution in [0.4, 0.5) is 10.5 Å². The number of hydrogen-bond acceptors (Lipinski definition) is 5. The minimum absolute atomic E-state index is 0.0934. The van der Waals surface area contributed by atoms with Gasteiger partial charge in [0.1, 0.15) is 23.4 Å². The molecule has 0 aromatic heterocycles. The molecule has 3 N–H and O–H groups in total. The molecule has 4 aromatic rings. The SMILES string of the molecule is C#CN(C(=O)C(Cc1ccccc1)NC(=O)OC(C)(C)C)C(C(=O)Nc1ccc2ccccc2c1)c1cccc(O)c1. The molecule has 2 unspecified atom stereocenters. The van der Waals surface area contributed by atoms with Crippen molar-refractivity contribution in [3.63, 3.8) is 0 Å². The number of phenolic OH excluding ortho intramolecular Hbond substituents is 1. The van der Waals surface area contributed by atoms with Crippen molar-refractivity contribution in [3.8, 4) is 18.2 Å². The predicted octanol–water partition coefficient (Wildman–Crippen LogP) is 5.78. The number of benzene rings is 4. The first kappa shape index (κ1) is 29.7. The largest absolute Gasteiger partial charge is 0.508 e. The van der Waals surface area contributed by atoms with Crippen molar-refractivity contribution in [1.29, 1.82) is 0 Å². The van der Waals surface area contributed by atoms with Crippen molar-refractivity contribution >= 4 is 34.4 Å². The fourth-order valence-corrected chi connectivity index (χ4v) is 4.52. The van der Waals surface area contributed by atoms with Crippen LogP contribution in [0.2, 0.25) is 0 Å². The van der Waals surface area contributed by atoms with Gasteiger partial charge in [0.2, 0.25) is 0 Å². The van der Waals surface area contributed by atoms with E-state index in [0.29, 0.717) is 5.69 Å². The Bertz CT molecular complexity index is 1620. The lowest BCUT2D eigenvalue weighted by molar-refractivity contribution is -0.136. The molecule has 2 atom stereocenters. The van der Waals surface area contributed by atoms with Gasteiger partial charge < -0.3 is 20.5 Å². The summed E-state index contributed by atoms with van der Waals surface area (Å²) in [6, 6.07) is 28.1. The third-order valence-electron chi connectivity index (χ3n) is 6.36. The normalized spacial score (nSPS) is 12.4. The highest BCUT2D eigenvalue weighted by Crippen LogP contribution is 2.28. The van der Waals surface area contributed by atoms with E-state index in [-0.39, 0.29) is 17.7 Å². The van der Waals surface area contributed by atoms with Gasteiger partial charge in [-0.05, 0) is 66.9 Å². The van der Waals surface area contributed by atoms with Gasteiger partial charge in [-0.15, -0.1) is 0 Å². The van der Waals surface area contributed by atoms with Crippen LogP contribution in [0.3, 0.4) is 0 Å². The average Bonchev–Trinajstić information content (AvgIpc) is 2.94. The van der Waals surface area contributed by atoms with Gasteiger partial charge in [0, 0.05) is 18.2 Å². The summed E-state index contributed by atoms with van der Waals surface area (Å²) in [7, 11) is 0. The number of carbonyl (C=O) groups is 3. The summed E-state index contributed by atoms with van der Waals surface area (Å²) >= 11 is 0. The molecule has 8 heteroatoms. The average molecular weight is 564 g/mol. The van der Waals surface area contributed by atoms with Crippen LogP contribution in [-0.4, -0.2) is 39.6 Å². The number of anilines is 1. The molecule has 0 saturated heterocycles. The van der Waals surface area contributed by atoms with Gasteiger partial charge in [0.05, 0.1) is 0 Å². The van der Waals surface area contributed by atoms with E-state index < -0.39 is 35.6 Å². The van der Waals surface area contributed by atoms with Gasteiger partial charge in [0.15, 0.2) is 0 Å². The Morgan fingerprint density at radius 3 is 2.26 bits per heavy atom. The molecular weight excluding hydrogens is 530 g/mol. The summed E-state index contributed by atoms with van der Waals surface area (Å²) in [5.41, 5.74) is 0.745. The molecule has 0 saturated carbocycles. The first-order chi connectivity index (χ1) is 20.0. The number of nitrogens with zero attached hydrogens (tertiary/aromatic N) is 1. The quantitative estimate of drug-likeness (QED) is 0.186. The van der Waals surface area contributed by atoms with Crippen LogP contribution in [0.5, 0.6) is 5.75 Å². The van der Waals surface area contributed by atoms with Crippen LogP contribution in [0.1, 0.15) is 37.9 Å². The van der Waals surface area contributed by atoms with Crippen LogP contribution in [-0.2, 0) is 20.7 Å². The fourth-order valence-electron chi connectivity index (χ4n) is 4.52. The Morgan fingerprint density at radius 1 is 0.905 bits per heavy atom. The maximum atomic E-state index is 14.1. The lowest BCUT2D eigenvalue weighted by Gasteiger charge is -2.30. The molecule has 214 valence electrons. The van der Waals surface area contributed by atoms with E-state index >= 15 is 0 Å². The molecule has 0 bridgehead atoms. The summed E-state index contributed by atoms with van der Waals surface area (Å²) in [6.45, 7) is 5.14. The third kappa shape index (κ3) is 7.67. The van der Waals surface area contributed by atoms with E-state index in [9.17, 15) is 19.5 Å². The highest BCUT2D eigenvalue weighted by atomic mass is 16.6. The number of fused-ring (bicyclic) bond motifs is 1. The second-order valence-corrected chi connectivity index (χ2v) is 10.8. The Kier molecular flexibility index (Phi) is 9.13. The number of phenols is 1. The summed E-state index contributed by atoms with van der Waals surface area (Å²) in [5.74, 6) is -1.40. The smallest absolute Gasteiger partial charge is 0.408 e. The molecule has 0 fully saturated rings. The van der Waals surface area contributed by atoms with E-state index in [1.807, 2.05) is 66.7 Å². The zero-order chi connectivity index (χ0) is 30.3. The van der Waals surface area contributed by atoms with E-state index in [0.717, 1.165) is 21.2 Å². The molecule has 4 rings (SSSR count). The van der Waals surface area contributed by atoms with Gasteiger partial charge in [-0.1, -0.05) is 79.2 Å². The van der Waals surface area contributed by atoms with Crippen LogP contribution in [0.15, 0.2) is 97.1 Å². The van der Waals surface area contributed by atoms with Crippen LogP contribution < -0.4 is 10.6 Å². The maximum Gasteiger partial charge on any atom is 0.408 e. The number of hydrogen-bond donors (Lipinski definition) is 3. The molecule has 8 nitrogen and oxygen atoms in total. The molecule has 0 aliphatic rings. The number of ether oxygens (including phenoxy) is 1. The van der Waals surface area contributed by atoms with Crippen molar-refractivity contribution in [1.82, 2.24) is 10.2 Å². The van der Waals surface area contributed by atoms with E-state index in [1.54, 1.807) is 39.0 Å². The summed E-state index contributed by atoms with van der Waals surface area (Å²) < 4.78 is 5.41. The Hall–Kier alpha value is -5.29. The molecule has 0 aliphatic heterocycles. The molecule has 0 heterocycles. The molecule has 0 radical (unpaired) electrons. The first-order valence-corrected chi connectivity index (χ1v) is 13.5. The molecular formula is C34H33N3O5. The van der Waals surface area contributed by atoms with Crippen molar-refractivity contribution in [2.75, 3.05) is 5.32 Å². The standard InChI is InChI=1S/C34H33N3O5/c1-5-37(32(40)29(20-23-12-7-6-8-13-23)36-33(41)42-34(2,3)4)30(26-16-11-17-28(38)22-26)31(39)35-27-19-18-24-14-9-10-15-25(24)21-27/h1,6-19,21-22,29-30,38H,20H2,2-4H3,(H,35,39)(H,36,41). The number of aromatic hydroxyl groups is 1. The number of rotatable bonds is 8. The van der Waals surface area contributed by atoms with Crippen LogP contribution in [0, 0.1) is 12.5 Å². The maximum absolute atomic E-state index is 14.1. The van der Waals surface area contributed by atoms with Crippen LogP contribution in [0.25, 0.3) is 10.8 Å². The number of amides is 3. The predicted molar refractivity (Wildman–Crippen MR) is 162 cm³/mol. The van der Waals surface area contributed by atoms with Gasteiger partial charge in [0.25, 0.3) is 11.8 Å². The van der Waals surface area contributed by atoms with Gasteiger partial charge in [-0.2, -0.15) is 0 Å². The second kappa shape index (κ2) is 12.9. The highest BCUT2D eigenvalue weighted by molar-refractivity contribution is 6.01. The van der Waals surface area contributed by atoms with Gasteiger partial charge >= 0.3 is 6.09 Å². The lowest BCUT2D eigenvalue weighted by atomic mass is 10.0. The monoisotopic (exact) mass is 563 g/mol. The minimum Gasteiger partial charge on any atom is -0.508 e. The molecule has 42 heavy (non-hydrogen) atoms. The fraction of sp³-hybridized carbons (Fsp3) is 0.206. The first-order valence-electron chi connectivity index (χ1n) is 13.5. The molecule has 3 amide bonds. The molecule has 0 spiro atoms. The van der Waals surface area contributed by atoms with Gasteiger partial charge in [-0.3, -0.25) is 14.5 Å². The summed E-state index contributed by atoms with van der Waals surface area (Å²) in [6.07, 6.45) is 5.18. The highest BCUT2D eigenvalue weighted by Gasteiger charge is 2.36. The van der Waals surface area contributed by atoms with Crippen molar-refractivity contribution in [2.45, 2.75) is 44.9 Å². The number of nitrogens with one attached hydrogen (secondary N) is 2. The van der Waals surface area contributed by atoms with E-state index in [1.165, 1.54) is 12.1 Å². The zero-order valence-corrected chi connectivity index (χ0v) is 23.7. The van der Waals surface area contributed by atoms with Crippen LogP contribution >= 0.6 is 0 Å². The van der Waals surface area contributed by atoms with Crippen molar-refractivity contribution < 1.29 is 24.2 Å². The minimum atomic E-state index is -1.33. The van der Waals surface area contributed by atoms with E-state index in [4.69, 9.17) is 11.2 Å². The summed E-state index contributed by atoms with van der Waals surface area (Å²) in [5, 5.41) is 17.6. The zero-order valence-electron chi connectivity index (χ0n) is 23.7. The Balaban J connectivity index is 1.70. The number of terminal acetylenes is 1. The Labute approximate surface area is 245 Å².